The first kappa shape index (κ1) is 44.1. The Morgan fingerprint density at radius 2 is 0.820 bits per heavy atom. The Morgan fingerprint density at radius 1 is 0.492 bits per heavy atom. The molecule has 3 aliphatic rings. The zero-order valence-electron chi connectivity index (χ0n) is 36.3. The highest BCUT2D eigenvalue weighted by molar-refractivity contribution is 5.99. The number of hydrogen-bond donors (Lipinski definition) is 1. The van der Waals surface area contributed by atoms with E-state index >= 15 is 0 Å². The lowest BCUT2D eigenvalue weighted by Crippen LogP contribution is -2.08. The molecule has 316 valence electrons. The monoisotopic (exact) mass is 818 g/mol. The largest absolute Gasteiger partial charge is 0.496 e. The summed E-state index contributed by atoms with van der Waals surface area (Å²) in [5, 5.41) is 9.56. The third-order valence-electron chi connectivity index (χ3n) is 11.6. The lowest BCUT2D eigenvalue weighted by Gasteiger charge is -2.14. The number of carbonyl (C=O) groups is 1. The molecule has 3 saturated carbocycles. The van der Waals surface area contributed by atoms with Crippen LogP contribution in [0.2, 0.25) is 0 Å². The van der Waals surface area contributed by atoms with E-state index < -0.39 is 5.91 Å². The SMILES string of the molecule is COc1ccc(C(=CC#N)c2ccc(OC)c(C=C3CCCC3)c2)cc1C=C1CCCC1.COc1ccc(C(=CC(N)=O)c2ccc(OC)c(OC)c2)cc1C=C1CCCC1. The summed E-state index contributed by atoms with van der Waals surface area (Å²) in [6, 6.07) is 26.1. The Kier molecular flexibility index (Phi) is 15.7. The Bertz CT molecular complexity index is 2310. The Balaban J connectivity index is 0.000000205. The number of nitrogens with zero attached hydrogens (tertiary/aromatic N) is 1. The van der Waals surface area contributed by atoms with Crippen molar-refractivity contribution in [3.8, 4) is 34.8 Å². The average Bonchev–Trinajstić information content (AvgIpc) is 4.11. The van der Waals surface area contributed by atoms with Crippen LogP contribution in [0.4, 0.5) is 0 Å². The topological polar surface area (TPSA) is 113 Å². The van der Waals surface area contributed by atoms with E-state index in [1.165, 1.54) is 61.3 Å². The van der Waals surface area contributed by atoms with E-state index in [4.69, 9.17) is 29.4 Å². The van der Waals surface area contributed by atoms with Crippen molar-refractivity contribution in [2.45, 2.75) is 77.0 Å². The summed E-state index contributed by atoms with van der Waals surface area (Å²) in [5.41, 5.74) is 18.4. The molecule has 0 heterocycles. The Hall–Kier alpha value is -6.46. The molecule has 0 unspecified atom stereocenters. The molecule has 0 saturated heterocycles. The molecular formula is C53H58N2O6. The van der Waals surface area contributed by atoms with Gasteiger partial charge in [0, 0.05) is 28.8 Å². The van der Waals surface area contributed by atoms with Crippen molar-refractivity contribution in [1.29, 1.82) is 5.26 Å². The molecule has 0 radical (unpaired) electrons. The minimum atomic E-state index is -0.513. The standard InChI is InChI=1S/C29H31NO2.C24H27NO4/c1-31-28-13-11-23(19-25(28)17-21-7-3-4-8-21)27(15-16-30)24-12-14-29(32-2)26(20-24)18-22-9-5-6-10-22;1-27-21-10-8-17(13-19(21)12-16-6-4-5-7-16)20(15-24(25)26)18-9-11-22(28-2)23(14-18)29-3/h11-15,17-20H,3-10H2,1-2H3;8-15H,4-7H2,1-3H3,(H2,25,26). The fourth-order valence-corrected chi connectivity index (χ4v) is 8.50. The van der Waals surface area contributed by atoms with Gasteiger partial charge in [0.25, 0.3) is 0 Å². The van der Waals surface area contributed by atoms with Crippen LogP contribution in [-0.2, 0) is 4.79 Å². The van der Waals surface area contributed by atoms with Crippen molar-refractivity contribution >= 4 is 35.3 Å². The quantitative estimate of drug-likeness (QED) is 0.106. The third-order valence-corrected chi connectivity index (χ3v) is 11.6. The van der Waals surface area contributed by atoms with E-state index in [1.807, 2.05) is 60.7 Å². The van der Waals surface area contributed by atoms with Crippen molar-refractivity contribution < 1.29 is 28.5 Å². The number of nitrogens with two attached hydrogens (primary N) is 1. The second-order valence-corrected chi connectivity index (χ2v) is 15.6. The number of nitriles is 1. The number of rotatable bonds is 13. The van der Waals surface area contributed by atoms with Gasteiger partial charge in [-0.2, -0.15) is 5.26 Å². The number of carbonyl (C=O) groups excluding carboxylic acids is 1. The Labute approximate surface area is 361 Å². The summed E-state index contributed by atoms with van der Waals surface area (Å²) in [7, 11) is 8.26. The summed E-state index contributed by atoms with van der Waals surface area (Å²) in [4.78, 5) is 11.8. The van der Waals surface area contributed by atoms with Gasteiger partial charge in [0.1, 0.15) is 17.2 Å². The molecule has 8 nitrogen and oxygen atoms in total. The zero-order chi connectivity index (χ0) is 43.1. The molecule has 4 aromatic rings. The van der Waals surface area contributed by atoms with E-state index in [-0.39, 0.29) is 0 Å². The maximum Gasteiger partial charge on any atom is 0.242 e. The fraction of sp³-hybridized carbons (Fsp3) is 0.321. The maximum absolute atomic E-state index is 11.8. The summed E-state index contributed by atoms with van der Waals surface area (Å²) >= 11 is 0. The average molecular weight is 819 g/mol. The lowest BCUT2D eigenvalue weighted by molar-refractivity contribution is -0.113. The number of allylic oxidation sites excluding steroid dienone is 4. The molecule has 61 heavy (non-hydrogen) atoms. The van der Waals surface area contributed by atoms with Crippen molar-refractivity contribution in [3.63, 3.8) is 0 Å². The molecule has 4 aromatic carbocycles. The minimum Gasteiger partial charge on any atom is -0.496 e. The van der Waals surface area contributed by atoms with Crippen LogP contribution in [-0.4, -0.2) is 41.5 Å². The molecule has 0 bridgehead atoms. The summed E-state index contributed by atoms with van der Waals surface area (Å²) in [5.74, 6) is 3.23. The normalized spacial score (nSPS) is 14.6. The number of hydrogen-bond acceptors (Lipinski definition) is 7. The highest BCUT2D eigenvalue weighted by Crippen LogP contribution is 2.38. The molecule has 0 spiro atoms. The molecular weight excluding hydrogens is 761 g/mol. The minimum absolute atomic E-state index is 0.513. The lowest BCUT2D eigenvalue weighted by atomic mass is 9.93. The zero-order valence-corrected chi connectivity index (χ0v) is 36.3. The van der Waals surface area contributed by atoms with Crippen LogP contribution < -0.4 is 29.4 Å². The fourth-order valence-electron chi connectivity index (χ4n) is 8.50. The number of ether oxygens (including phenoxy) is 5. The molecule has 7 rings (SSSR count). The van der Waals surface area contributed by atoms with Gasteiger partial charge in [-0.05, 0) is 159 Å². The predicted octanol–water partition coefficient (Wildman–Crippen LogP) is 12.2. The number of methoxy groups -OCH3 is 5. The maximum atomic E-state index is 11.8. The van der Waals surface area contributed by atoms with Crippen LogP contribution in [0.5, 0.6) is 28.7 Å². The van der Waals surface area contributed by atoms with Crippen molar-refractivity contribution in [2.24, 2.45) is 5.73 Å². The van der Waals surface area contributed by atoms with Crippen LogP contribution in [0.15, 0.2) is 102 Å². The number of primary amides is 1. The molecule has 0 aliphatic heterocycles. The van der Waals surface area contributed by atoms with Gasteiger partial charge in [0.15, 0.2) is 11.5 Å². The summed E-state index contributed by atoms with van der Waals surface area (Å²) < 4.78 is 27.5. The van der Waals surface area contributed by atoms with Crippen LogP contribution >= 0.6 is 0 Å². The van der Waals surface area contributed by atoms with Crippen LogP contribution in [0.1, 0.15) is 116 Å². The smallest absolute Gasteiger partial charge is 0.242 e. The second kappa shape index (κ2) is 21.7. The molecule has 1 amide bonds. The third kappa shape index (κ3) is 11.4. The van der Waals surface area contributed by atoms with Gasteiger partial charge in [-0.15, -0.1) is 0 Å². The molecule has 3 aliphatic carbocycles. The van der Waals surface area contributed by atoms with E-state index in [2.05, 4.69) is 36.4 Å². The predicted molar refractivity (Wildman–Crippen MR) is 247 cm³/mol. The number of benzene rings is 4. The van der Waals surface area contributed by atoms with Gasteiger partial charge in [-0.1, -0.05) is 59.2 Å². The molecule has 0 atom stereocenters. The van der Waals surface area contributed by atoms with E-state index in [1.54, 1.807) is 41.6 Å². The van der Waals surface area contributed by atoms with E-state index in [9.17, 15) is 10.1 Å². The van der Waals surface area contributed by atoms with Gasteiger partial charge in [0.2, 0.25) is 5.91 Å². The van der Waals surface area contributed by atoms with Crippen LogP contribution in [0.25, 0.3) is 29.4 Å². The summed E-state index contributed by atoms with van der Waals surface area (Å²) in [6.45, 7) is 0. The highest BCUT2D eigenvalue weighted by Gasteiger charge is 2.17. The summed E-state index contributed by atoms with van der Waals surface area (Å²) in [6.07, 6.45) is 24.2. The highest BCUT2D eigenvalue weighted by atomic mass is 16.5. The van der Waals surface area contributed by atoms with Gasteiger partial charge in [0.05, 0.1) is 41.6 Å². The first-order valence-electron chi connectivity index (χ1n) is 21.2. The van der Waals surface area contributed by atoms with E-state index in [0.29, 0.717) is 17.1 Å². The van der Waals surface area contributed by atoms with Crippen molar-refractivity contribution in [1.82, 2.24) is 0 Å². The molecule has 8 heteroatoms. The van der Waals surface area contributed by atoms with Crippen LogP contribution in [0.3, 0.4) is 0 Å². The van der Waals surface area contributed by atoms with Gasteiger partial charge < -0.3 is 29.4 Å². The van der Waals surface area contributed by atoms with Crippen LogP contribution in [0, 0.1) is 11.3 Å². The first-order chi connectivity index (χ1) is 29.8. The molecule has 3 fully saturated rings. The van der Waals surface area contributed by atoms with Crippen molar-refractivity contribution in [3.05, 3.63) is 141 Å². The first-order valence-corrected chi connectivity index (χ1v) is 21.2. The van der Waals surface area contributed by atoms with Gasteiger partial charge in [-0.25, -0.2) is 0 Å². The molecule has 2 N–H and O–H groups in total. The van der Waals surface area contributed by atoms with Gasteiger partial charge in [-0.3, -0.25) is 4.79 Å². The Morgan fingerprint density at radius 3 is 1.15 bits per heavy atom. The van der Waals surface area contributed by atoms with E-state index in [0.717, 1.165) is 100 Å². The van der Waals surface area contributed by atoms with Gasteiger partial charge >= 0.3 is 0 Å². The molecule has 0 aromatic heterocycles. The van der Waals surface area contributed by atoms with Crippen molar-refractivity contribution in [2.75, 3.05) is 35.5 Å². The number of amides is 1. The second-order valence-electron chi connectivity index (χ2n) is 15.6.